The minimum atomic E-state index is -0.593. The molecule has 0 aromatic heterocycles. The number of nitrogens with zero attached hydrogens (tertiary/aromatic N) is 2. The molecule has 200 valence electrons. The van der Waals surface area contributed by atoms with E-state index in [-0.39, 0.29) is 22.5 Å². The highest BCUT2D eigenvalue weighted by molar-refractivity contribution is 7.81. The van der Waals surface area contributed by atoms with Crippen molar-refractivity contribution in [1.29, 1.82) is 10.5 Å². The van der Waals surface area contributed by atoms with Crippen LogP contribution in [0.4, 0.5) is 8.78 Å². The molecular formula is C28H30F2N4S4. The average molecular weight is 589 g/mol. The molecule has 0 saturated carbocycles. The summed E-state index contributed by atoms with van der Waals surface area (Å²) in [7, 11) is 0. The van der Waals surface area contributed by atoms with Crippen LogP contribution in [0.2, 0.25) is 0 Å². The molecular weight excluding hydrogens is 559 g/mol. The molecule has 6 atom stereocenters. The lowest BCUT2D eigenvalue weighted by atomic mass is 9.82. The third kappa shape index (κ3) is 7.04. The van der Waals surface area contributed by atoms with Crippen LogP contribution in [0.15, 0.2) is 71.1 Å². The van der Waals surface area contributed by atoms with Crippen molar-refractivity contribution in [3.05, 3.63) is 93.8 Å². The lowest BCUT2D eigenvalue weighted by Crippen LogP contribution is -2.27. The van der Waals surface area contributed by atoms with Crippen LogP contribution in [0.1, 0.15) is 48.6 Å². The maximum absolute atomic E-state index is 14.2. The van der Waals surface area contributed by atoms with E-state index in [9.17, 15) is 19.3 Å². The van der Waals surface area contributed by atoms with Gasteiger partial charge in [0.2, 0.25) is 0 Å². The van der Waals surface area contributed by atoms with Crippen LogP contribution in [0.3, 0.4) is 0 Å². The standard InChI is InChI=1S/C28H30F2N4S4/c29-17-5-1-3-15(11-17)25-19(13-31)27(33)23(37)10-8-22(36)26(16-4-2-6-18(30)12-16)20(14-32)28(34)24(38)9-7-21(25)35/h1-6,11-12,21-26,35-38H,7-10,33-34H2/b27-19+,28-20+. The smallest absolute Gasteiger partial charge is 0.123 e. The van der Waals surface area contributed by atoms with E-state index < -0.39 is 44.5 Å². The fraction of sp³-hybridized carbons (Fsp3) is 0.357. The number of hydrogen-bond donors (Lipinski definition) is 6. The Morgan fingerprint density at radius 2 is 1.03 bits per heavy atom. The molecule has 0 amide bonds. The normalized spacial score (nSPS) is 31.6. The van der Waals surface area contributed by atoms with Crippen LogP contribution in [-0.2, 0) is 0 Å². The molecule has 0 bridgehead atoms. The number of thiol groups is 4. The van der Waals surface area contributed by atoms with E-state index in [0.717, 1.165) is 0 Å². The number of hydrogen-bond acceptors (Lipinski definition) is 8. The SMILES string of the molecule is N#C/C1=C(\N)C(S)CCC(S)C(c2cccc(F)c2)/C(C#N)=C(/N)C(S)CCC(S)C1c1cccc(F)c1. The van der Waals surface area contributed by atoms with Gasteiger partial charge in [-0.3, -0.25) is 0 Å². The van der Waals surface area contributed by atoms with Gasteiger partial charge in [0.1, 0.15) is 11.6 Å². The Bertz CT molecular complexity index is 1200. The molecule has 1 aliphatic rings. The van der Waals surface area contributed by atoms with Crippen molar-refractivity contribution in [2.75, 3.05) is 0 Å². The molecule has 2 aromatic carbocycles. The molecule has 2 aromatic rings. The first-order valence-electron chi connectivity index (χ1n) is 12.1. The summed E-state index contributed by atoms with van der Waals surface area (Å²) in [6.45, 7) is 0. The number of halogens is 2. The van der Waals surface area contributed by atoms with Gasteiger partial charge in [0.05, 0.1) is 23.3 Å². The summed E-state index contributed by atoms with van der Waals surface area (Å²) in [5.74, 6) is -2.05. The Labute approximate surface area is 244 Å². The fourth-order valence-corrected chi connectivity index (χ4v) is 6.37. The predicted molar refractivity (Wildman–Crippen MR) is 161 cm³/mol. The lowest BCUT2D eigenvalue weighted by molar-refractivity contribution is 0.599. The first-order chi connectivity index (χ1) is 18.1. The molecule has 0 saturated heterocycles. The molecule has 0 spiro atoms. The van der Waals surface area contributed by atoms with Crippen molar-refractivity contribution >= 4 is 50.5 Å². The minimum absolute atomic E-state index is 0.280. The van der Waals surface area contributed by atoms with Crippen molar-refractivity contribution in [2.45, 2.75) is 58.5 Å². The summed E-state index contributed by atoms with van der Waals surface area (Å²) in [6, 6.07) is 16.5. The van der Waals surface area contributed by atoms with Gasteiger partial charge in [0, 0.05) is 44.2 Å². The summed E-state index contributed by atoms with van der Waals surface area (Å²) >= 11 is 19.0. The Balaban J connectivity index is 2.13. The van der Waals surface area contributed by atoms with Gasteiger partial charge >= 0.3 is 0 Å². The molecule has 10 heteroatoms. The maximum atomic E-state index is 14.2. The van der Waals surface area contributed by atoms with Gasteiger partial charge < -0.3 is 11.5 Å². The summed E-state index contributed by atoms with van der Waals surface area (Å²) < 4.78 is 28.3. The zero-order valence-corrected chi connectivity index (χ0v) is 24.1. The van der Waals surface area contributed by atoms with E-state index in [1.807, 2.05) is 0 Å². The minimum Gasteiger partial charge on any atom is -0.400 e. The Morgan fingerprint density at radius 1 is 0.658 bits per heavy atom. The number of benzene rings is 2. The number of rotatable bonds is 2. The number of nitriles is 2. The zero-order chi connectivity index (χ0) is 28.0. The topological polar surface area (TPSA) is 99.6 Å². The number of allylic oxidation sites excluding steroid dienone is 2. The summed E-state index contributed by atoms with van der Waals surface area (Å²) in [5, 5.41) is 18.4. The van der Waals surface area contributed by atoms with Crippen LogP contribution in [0.5, 0.6) is 0 Å². The molecule has 4 nitrogen and oxygen atoms in total. The van der Waals surface area contributed by atoms with Gasteiger partial charge in [0.15, 0.2) is 0 Å². The highest BCUT2D eigenvalue weighted by Crippen LogP contribution is 2.40. The highest BCUT2D eigenvalue weighted by atomic mass is 32.1. The Kier molecular flexibility index (Phi) is 10.9. The van der Waals surface area contributed by atoms with Gasteiger partial charge in [-0.15, -0.1) is 0 Å². The van der Waals surface area contributed by atoms with Crippen molar-refractivity contribution < 1.29 is 8.78 Å². The van der Waals surface area contributed by atoms with Crippen molar-refractivity contribution in [3.8, 4) is 12.1 Å². The van der Waals surface area contributed by atoms with Gasteiger partial charge in [-0.05, 0) is 61.1 Å². The van der Waals surface area contributed by atoms with Crippen LogP contribution < -0.4 is 11.5 Å². The van der Waals surface area contributed by atoms with E-state index in [0.29, 0.717) is 36.8 Å². The van der Waals surface area contributed by atoms with Crippen LogP contribution in [0.25, 0.3) is 0 Å². The van der Waals surface area contributed by atoms with Crippen LogP contribution >= 0.6 is 50.5 Å². The molecule has 3 rings (SSSR count). The van der Waals surface area contributed by atoms with Crippen molar-refractivity contribution in [2.24, 2.45) is 11.5 Å². The highest BCUT2D eigenvalue weighted by Gasteiger charge is 2.33. The third-order valence-electron chi connectivity index (χ3n) is 6.86. The second kappa shape index (κ2) is 13.7. The Hall–Kier alpha value is -2.24. The van der Waals surface area contributed by atoms with E-state index in [1.54, 1.807) is 24.3 Å². The summed E-state index contributed by atoms with van der Waals surface area (Å²) in [5.41, 5.74) is 15.3. The quantitative estimate of drug-likeness (QED) is 0.240. The van der Waals surface area contributed by atoms with Gasteiger partial charge in [-0.1, -0.05) is 24.3 Å². The summed E-state index contributed by atoms with van der Waals surface area (Å²) in [4.78, 5) is 0. The molecule has 0 fully saturated rings. The monoisotopic (exact) mass is 588 g/mol. The molecule has 38 heavy (non-hydrogen) atoms. The fourth-order valence-electron chi connectivity index (χ4n) is 4.85. The zero-order valence-electron chi connectivity index (χ0n) is 20.5. The second-order valence-corrected chi connectivity index (χ2v) is 11.9. The van der Waals surface area contributed by atoms with Crippen LogP contribution in [-0.4, -0.2) is 21.0 Å². The van der Waals surface area contributed by atoms with Crippen molar-refractivity contribution in [3.63, 3.8) is 0 Å². The van der Waals surface area contributed by atoms with Gasteiger partial charge in [-0.25, -0.2) is 8.78 Å². The van der Waals surface area contributed by atoms with E-state index in [2.05, 4.69) is 12.1 Å². The van der Waals surface area contributed by atoms with E-state index in [4.69, 9.17) is 62.0 Å². The maximum Gasteiger partial charge on any atom is 0.123 e. The lowest BCUT2D eigenvalue weighted by Gasteiger charge is -2.30. The van der Waals surface area contributed by atoms with E-state index >= 15 is 0 Å². The van der Waals surface area contributed by atoms with Gasteiger partial charge in [0.25, 0.3) is 0 Å². The van der Waals surface area contributed by atoms with Crippen molar-refractivity contribution in [1.82, 2.24) is 0 Å². The largest absolute Gasteiger partial charge is 0.400 e. The average Bonchev–Trinajstić information content (AvgIpc) is 2.90. The molecule has 0 aliphatic heterocycles. The number of nitrogens with two attached hydrogens (primary N) is 2. The molecule has 0 radical (unpaired) electrons. The predicted octanol–water partition coefficient (Wildman–Crippen LogP) is 6.07. The van der Waals surface area contributed by atoms with Crippen LogP contribution in [0, 0.1) is 34.3 Å². The van der Waals surface area contributed by atoms with E-state index in [1.165, 1.54) is 24.3 Å². The first kappa shape index (κ1) is 30.3. The second-order valence-electron chi connectivity index (χ2n) is 9.35. The summed E-state index contributed by atoms with van der Waals surface area (Å²) in [6.07, 6.45) is 1.69. The van der Waals surface area contributed by atoms with Gasteiger partial charge in [-0.2, -0.15) is 61.0 Å². The Morgan fingerprint density at radius 3 is 1.34 bits per heavy atom. The molecule has 6 unspecified atom stereocenters. The third-order valence-corrected chi connectivity index (χ3v) is 9.05. The molecule has 1 aliphatic carbocycles. The molecule has 4 N–H and O–H groups in total. The molecule has 0 heterocycles. The first-order valence-corrected chi connectivity index (χ1v) is 14.2.